The molecule has 3 fully saturated rings. The van der Waals surface area contributed by atoms with E-state index in [9.17, 15) is 5.11 Å². The zero-order valence-corrected chi connectivity index (χ0v) is 17.0. The van der Waals surface area contributed by atoms with Crippen molar-refractivity contribution in [3.05, 3.63) is 48.3 Å². The van der Waals surface area contributed by atoms with Gasteiger partial charge in [-0.05, 0) is 31.2 Å². The van der Waals surface area contributed by atoms with E-state index in [1.54, 1.807) is 7.11 Å². The van der Waals surface area contributed by atoms with Crippen LogP contribution in [0.4, 0.5) is 0 Å². The van der Waals surface area contributed by atoms with E-state index < -0.39 is 0 Å². The standard InChI is InChI=1S/C23H33N3O2/c1-18(26-11-8-20(27)15-26)25-12-9-23(10-13-25,17-28-2)16-24-22-14-21(22)19-6-4-3-5-7-19/h3-7,20-21,27H,1,8-17H2,2H3/t20-,21?/m1/s1. The van der Waals surface area contributed by atoms with Crippen molar-refractivity contribution in [2.45, 2.75) is 37.7 Å². The van der Waals surface area contributed by atoms with Crippen molar-refractivity contribution in [1.29, 1.82) is 0 Å². The van der Waals surface area contributed by atoms with Gasteiger partial charge in [-0.15, -0.1) is 0 Å². The number of rotatable bonds is 7. The molecule has 2 saturated heterocycles. The Morgan fingerprint density at radius 3 is 2.61 bits per heavy atom. The van der Waals surface area contributed by atoms with Gasteiger partial charge >= 0.3 is 0 Å². The Morgan fingerprint density at radius 1 is 1.21 bits per heavy atom. The number of aliphatic hydroxyl groups is 1. The van der Waals surface area contributed by atoms with Gasteiger partial charge in [0.1, 0.15) is 0 Å². The highest BCUT2D eigenvalue weighted by Crippen LogP contribution is 2.40. The molecule has 1 N–H and O–H groups in total. The zero-order chi connectivity index (χ0) is 19.6. The molecule has 0 spiro atoms. The van der Waals surface area contributed by atoms with Gasteiger partial charge in [0.25, 0.3) is 0 Å². The molecule has 0 bridgehead atoms. The van der Waals surface area contributed by atoms with E-state index >= 15 is 0 Å². The summed E-state index contributed by atoms with van der Waals surface area (Å²) in [5.74, 6) is 1.60. The number of ether oxygens (including phenoxy) is 1. The maximum atomic E-state index is 9.80. The van der Waals surface area contributed by atoms with E-state index in [0.717, 1.165) is 64.3 Å². The van der Waals surface area contributed by atoms with Gasteiger partial charge in [0.05, 0.1) is 18.5 Å². The zero-order valence-electron chi connectivity index (χ0n) is 17.0. The van der Waals surface area contributed by atoms with E-state index in [2.05, 4.69) is 46.7 Å². The lowest BCUT2D eigenvalue weighted by molar-refractivity contribution is 0.0289. The molecule has 152 valence electrons. The summed E-state index contributed by atoms with van der Waals surface area (Å²) >= 11 is 0. The van der Waals surface area contributed by atoms with Crippen LogP contribution in [0.3, 0.4) is 0 Å². The summed E-state index contributed by atoms with van der Waals surface area (Å²) in [5.41, 5.74) is 2.87. The third-order valence-electron chi connectivity index (χ3n) is 6.64. The summed E-state index contributed by atoms with van der Waals surface area (Å²) < 4.78 is 5.60. The normalized spacial score (nSPS) is 28.0. The Morgan fingerprint density at radius 2 is 1.96 bits per heavy atom. The maximum Gasteiger partial charge on any atom is 0.0965 e. The molecule has 0 radical (unpaired) electrons. The highest BCUT2D eigenvalue weighted by molar-refractivity contribution is 6.05. The number of methoxy groups -OCH3 is 1. The number of hydrogen-bond donors (Lipinski definition) is 1. The van der Waals surface area contributed by atoms with Gasteiger partial charge in [0.2, 0.25) is 0 Å². The molecule has 2 atom stereocenters. The molecule has 1 aliphatic carbocycles. The SMILES string of the molecule is C=C(N1CCC(CN=C2CC2c2ccccc2)(COC)CC1)N1CC[C@@H](O)C1. The van der Waals surface area contributed by atoms with Gasteiger partial charge in [0.15, 0.2) is 0 Å². The molecule has 2 aliphatic heterocycles. The van der Waals surface area contributed by atoms with Crippen LogP contribution < -0.4 is 0 Å². The fourth-order valence-corrected chi connectivity index (χ4v) is 4.66. The van der Waals surface area contributed by atoms with Crippen LogP contribution in [0.1, 0.15) is 37.2 Å². The number of aliphatic hydroxyl groups excluding tert-OH is 1. The Bertz CT molecular complexity index is 710. The quantitative estimate of drug-likeness (QED) is 0.787. The van der Waals surface area contributed by atoms with Crippen LogP contribution >= 0.6 is 0 Å². The van der Waals surface area contributed by atoms with Crippen molar-refractivity contribution in [3.63, 3.8) is 0 Å². The first-order valence-corrected chi connectivity index (χ1v) is 10.5. The Balaban J connectivity index is 1.33. The van der Waals surface area contributed by atoms with Gasteiger partial charge in [-0.1, -0.05) is 36.9 Å². The van der Waals surface area contributed by atoms with E-state index in [1.165, 1.54) is 11.3 Å². The second-order valence-corrected chi connectivity index (χ2v) is 8.70. The average Bonchev–Trinajstić information content (AvgIpc) is 3.38. The minimum Gasteiger partial charge on any atom is -0.391 e. The first-order chi connectivity index (χ1) is 13.6. The largest absolute Gasteiger partial charge is 0.391 e. The molecule has 0 amide bonds. The average molecular weight is 384 g/mol. The second kappa shape index (κ2) is 8.26. The maximum absolute atomic E-state index is 9.80. The highest BCUT2D eigenvalue weighted by atomic mass is 16.5. The molecule has 3 aliphatic rings. The second-order valence-electron chi connectivity index (χ2n) is 8.70. The van der Waals surface area contributed by atoms with Crippen molar-refractivity contribution in [1.82, 2.24) is 9.80 Å². The van der Waals surface area contributed by atoms with Gasteiger partial charge in [0, 0.05) is 56.9 Å². The van der Waals surface area contributed by atoms with Crippen LogP contribution in [0.2, 0.25) is 0 Å². The van der Waals surface area contributed by atoms with Gasteiger partial charge < -0.3 is 19.6 Å². The summed E-state index contributed by atoms with van der Waals surface area (Å²) in [6, 6.07) is 10.7. The number of benzene rings is 1. The molecule has 2 heterocycles. The topological polar surface area (TPSA) is 48.3 Å². The summed E-state index contributed by atoms with van der Waals surface area (Å²) in [4.78, 5) is 9.62. The minimum atomic E-state index is -0.207. The summed E-state index contributed by atoms with van der Waals surface area (Å²) in [6.07, 6.45) is 3.89. The molecule has 1 unspecified atom stereocenters. The van der Waals surface area contributed by atoms with Crippen LogP contribution in [0.25, 0.3) is 0 Å². The fraction of sp³-hybridized carbons (Fsp3) is 0.609. The van der Waals surface area contributed by atoms with Crippen molar-refractivity contribution in [2.75, 3.05) is 46.4 Å². The summed E-state index contributed by atoms with van der Waals surface area (Å²) in [6.45, 7) is 9.53. The van der Waals surface area contributed by atoms with E-state index in [-0.39, 0.29) is 11.5 Å². The molecular formula is C23H33N3O2. The predicted octanol–water partition coefficient (Wildman–Crippen LogP) is 2.88. The van der Waals surface area contributed by atoms with Crippen LogP contribution in [0.15, 0.2) is 47.7 Å². The van der Waals surface area contributed by atoms with Crippen molar-refractivity contribution >= 4 is 5.71 Å². The van der Waals surface area contributed by atoms with Crippen LogP contribution in [0, 0.1) is 5.41 Å². The third kappa shape index (κ3) is 4.26. The lowest BCUT2D eigenvalue weighted by Crippen LogP contribution is -2.46. The van der Waals surface area contributed by atoms with Gasteiger partial charge in [-0.3, -0.25) is 4.99 Å². The third-order valence-corrected chi connectivity index (χ3v) is 6.64. The van der Waals surface area contributed by atoms with E-state index in [1.807, 2.05) is 0 Å². The Labute approximate surface area is 168 Å². The molecule has 28 heavy (non-hydrogen) atoms. The predicted molar refractivity (Wildman–Crippen MR) is 113 cm³/mol. The number of hydrogen-bond acceptors (Lipinski definition) is 5. The van der Waals surface area contributed by atoms with E-state index in [0.29, 0.717) is 12.5 Å². The lowest BCUT2D eigenvalue weighted by Gasteiger charge is -2.43. The number of β-amino-alcohol motifs (C(OH)–C–C–N with tert-alkyl or cyclic N) is 1. The van der Waals surface area contributed by atoms with Gasteiger partial charge in [-0.25, -0.2) is 0 Å². The van der Waals surface area contributed by atoms with Crippen LogP contribution in [0.5, 0.6) is 0 Å². The Hall–Kier alpha value is -1.85. The molecule has 5 nitrogen and oxygen atoms in total. The molecular weight excluding hydrogens is 350 g/mol. The molecule has 0 aromatic heterocycles. The van der Waals surface area contributed by atoms with Crippen molar-refractivity contribution < 1.29 is 9.84 Å². The summed E-state index contributed by atoms with van der Waals surface area (Å²) in [5, 5.41) is 9.80. The molecule has 5 heteroatoms. The van der Waals surface area contributed by atoms with Crippen LogP contribution in [-0.4, -0.2) is 73.2 Å². The highest BCUT2D eigenvalue weighted by Gasteiger charge is 2.38. The van der Waals surface area contributed by atoms with Crippen molar-refractivity contribution in [2.24, 2.45) is 10.4 Å². The number of likely N-dealkylation sites (tertiary alicyclic amines) is 2. The van der Waals surface area contributed by atoms with Crippen LogP contribution in [-0.2, 0) is 4.74 Å². The number of nitrogens with zero attached hydrogens (tertiary/aromatic N) is 3. The summed E-state index contributed by atoms with van der Waals surface area (Å²) in [7, 11) is 1.80. The fourth-order valence-electron chi connectivity index (χ4n) is 4.66. The lowest BCUT2D eigenvalue weighted by atomic mass is 9.79. The molecule has 1 aromatic rings. The van der Waals surface area contributed by atoms with Gasteiger partial charge in [-0.2, -0.15) is 0 Å². The Kier molecular flexibility index (Phi) is 5.74. The first kappa shape index (κ1) is 19.5. The monoisotopic (exact) mass is 383 g/mol. The first-order valence-electron chi connectivity index (χ1n) is 10.5. The smallest absolute Gasteiger partial charge is 0.0965 e. The minimum absolute atomic E-state index is 0.132. The number of piperidine rings is 1. The number of aliphatic imine (C=N–C) groups is 1. The molecule has 4 rings (SSSR count). The molecule has 1 aromatic carbocycles. The van der Waals surface area contributed by atoms with Crippen molar-refractivity contribution in [3.8, 4) is 0 Å². The molecule has 1 saturated carbocycles. The van der Waals surface area contributed by atoms with E-state index in [4.69, 9.17) is 9.73 Å².